The van der Waals surface area contributed by atoms with Gasteiger partial charge in [0.25, 0.3) is 0 Å². The number of phenolic OH excluding ortho intramolecular Hbond substituents is 3. The monoisotopic (exact) mass is 471 g/mol. The minimum Gasteiger partial charge on any atom is -0.507 e. The van der Waals surface area contributed by atoms with Crippen molar-refractivity contribution in [2.24, 2.45) is 20.4 Å². The summed E-state index contributed by atoms with van der Waals surface area (Å²) in [7, 11) is 0. The van der Waals surface area contributed by atoms with Gasteiger partial charge in [-0.05, 0) is 55.7 Å². The average Bonchev–Trinajstić information content (AvgIpc) is 2.82. The molecule has 0 amide bonds. The second kappa shape index (κ2) is 11.5. The molecular weight excluding hydrogens is 438 g/mol. The fourth-order valence-electron chi connectivity index (χ4n) is 3.60. The van der Waals surface area contributed by atoms with Crippen LogP contribution in [0.25, 0.3) is 0 Å². The molecule has 3 aromatic rings. The van der Waals surface area contributed by atoms with Crippen molar-refractivity contribution in [3.05, 3.63) is 88.0 Å². The normalized spacial score (nSPS) is 13.7. The predicted molar refractivity (Wildman–Crippen MR) is 144 cm³/mol. The zero-order chi connectivity index (χ0) is 25.4. The number of benzene rings is 3. The first kappa shape index (κ1) is 25.7. The zero-order valence-corrected chi connectivity index (χ0v) is 20.7. The third-order valence-electron chi connectivity index (χ3n) is 5.92. The van der Waals surface area contributed by atoms with E-state index in [-0.39, 0.29) is 17.2 Å². The third-order valence-corrected chi connectivity index (χ3v) is 5.92. The van der Waals surface area contributed by atoms with Crippen molar-refractivity contribution in [3.8, 4) is 17.2 Å². The van der Waals surface area contributed by atoms with E-state index in [1.165, 1.54) is 0 Å². The summed E-state index contributed by atoms with van der Waals surface area (Å²) in [6.45, 7) is 8.87. The Morgan fingerprint density at radius 2 is 0.857 bits per heavy atom. The van der Waals surface area contributed by atoms with Crippen LogP contribution in [0.4, 0.5) is 0 Å². The van der Waals surface area contributed by atoms with Crippen LogP contribution < -0.4 is 0 Å². The molecule has 6 nitrogen and oxygen atoms in total. The van der Waals surface area contributed by atoms with E-state index in [0.717, 1.165) is 16.7 Å². The Morgan fingerprint density at radius 1 is 0.571 bits per heavy atom. The maximum atomic E-state index is 10.3. The molecule has 0 heterocycles. The van der Waals surface area contributed by atoms with Crippen LogP contribution in [0.3, 0.4) is 0 Å². The Kier molecular flexibility index (Phi) is 8.42. The topological polar surface area (TPSA) is 97.8 Å². The molecule has 182 valence electrons. The van der Waals surface area contributed by atoms with Gasteiger partial charge in [0.2, 0.25) is 0 Å². The quantitative estimate of drug-likeness (QED) is 0.365. The first-order valence-electron chi connectivity index (χ1n) is 11.6. The lowest BCUT2D eigenvalue weighted by molar-refractivity contribution is 0.366. The fraction of sp³-hybridized carbons (Fsp3) is 0.276. The number of phenols is 3. The molecule has 0 aromatic heterocycles. The van der Waals surface area contributed by atoms with Crippen molar-refractivity contribution in [1.29, 1.82) is 0 Å². The lowest BCUT2D eigenvalue weighted by atomic mass is 9.91. The number of aromatic hydroxyl groups is 3. The lowest BCUT2D eigenvalue weighted by Gasteiger charge is -2.23. The Morgan fingerprint density at radius 3 is 1.14 bits per heavy atom. The maximum Gasteiger partial charge on any atom is 0.127 e. The Hall–Kier alpha value is -3.93. The van der Waals surface area contributed by atoms with Crippen molar-refractivity contribution in [2.75, 3.05) is 19.6 Å². The number of hydrogen-bond donors (Lipinski definition) is 3. The van der Waals surface area contributed by atoms with E-state index in [1.807, 2.05) is 82.3 Å². The zero-order valence-electron chi connectivity index (χ0n) is 20.7. The molecule has 3 N–H and O–H groups in total. The van der Waals surface area contributed by atoms with E-state index in [0.29, 0.717) is 36.3 Å². The molecule has 6 heteroatoms. The van der Waals surface area contributed by atoms with Crippen LogP contribution >= 0.6 is 0 Å². The first-order valence-corrected chi connectivity index (χ1v) is 11.6. The second-order valence-electron chi connectivity index (χ2n) is 9.26. The minimum absolute atomic E-state index is 0.221. The van der Waals surface area contributed by atoms with Crippen molar-refractivity contribution in [3.63, 3.8) is 0 Å². The predicted octanol–water partition coefficient (Wildman–Crippen LogP) is 5.39. The van der Waals surface area contributed by atoms with Gasteiger partial charge in [-0.3, -0.25) is 15.0 Å². The summed E-state index contributed by atoms with van der Waals surface area (Å²) >= 11 is 0. The molecule has 0 spiro atoms. The number of aliphatic imine (C=N–C) groups is 3. The minimum atomic E-state index is -0.429. The van der Waals surface area contributed by atoms with Gasteiger partial charge in [-0.1, -0.05) is 43.3 Å². The summed E-state index contributed by atoms with van der Waals surface area (Å²) in [6.07, 6.45) is 5.02. The van der Waals surface area contributed by atoms with Crippen molar-refractivity contribution < 1.29 is 15.3 Å². The van der Waals surface area contributed by atoms with Crippen LogP contribution in [0, 0.1) is 26.2 Å². The Bertz CT molecular complexity index is 1110. The lowest BCUT2D eigenvalue weighted by Crippen LogP contribution is -2.28. The molecule has 0 unspecified atom stereocenters. The van der Waals surface area contributed by atoms with Crippen LogP contribution in [-0.4, -0.2) is 53.6 Å². The van der Waals surface area contributed by atoms with Gasteiger partial charge in [0, 0.05) is 60.4 Å². The Labute approximate surface area is 207 Å². The van der Waals surface area contributed by atoms with Gasteiger partial charge in [0.15, 0.2) is 0 Å². The van der Waals surface area contributed by atoms with E-state index in [9.17, 15) is 15.3 Å². The molecular formula is C29H33N3O3. The van der Waals surface area contributed by atoms with Crippen molar-refractivity contribution in [2.45, 2.75) is 27.7 Å². The highest BCUT2D eigenvalue weighted by molar-refractivity contribution is 5.85. The van der Waals surface area contributed by atoms with E-state index in [1.54, 1.807) is 18.6 Å². The molecule has 0 aliphatic carbocycles. The summed E-state index contributed by atoms with van der Waals surface area (Å²) in [5, 5.41) is 30.8. The molecule has 0 aliphatic rings. The van der Waals surface area contributed by atoms with E-state index >= 15 is 0 Å². The van der Waals surface area contributed by atoms with Gasteiger partial charge >= 0.3 is 0 Å². The van der Waals surface area contributed by atoms with Crippen LogP contribution in [0.2, 0.25) is 0 Å². The van der Waals surface area contributed by atoms with Crippen molar-refractivity contribution in [1.82, 2.24) is 0 Å². The van der Waals surface area contributed by atoms with Gasteiger partial charge in [0.1, 0.15) is 17.2 Å². The smallest absolute Gasteiger partial charge is 0.127 e. The highest BCUT2D eigenvalue weighted by Crippen LogP contribution is 2.24. The maximum absolute atomic E-state index is 10.3. The highest BCUT2D eigenvalue weighted by atomic mass is 16.3. The number of nitrogens with zero attached hydrogens (tertiary/aromatic N) is 3. The molecule has 0 saturated carbocycles. The van der Waals surface area contributed by atoms with Gasteiger partial charge in [-0.15, -0.1) is 0 Å². The molecule has 0 radical (unpaired) electrons. The summed E-state index contributed by atoms with van der Waals surface area (Å²) in [6, 6.07) is 16.7. The third kappa shape index (κ3) is 6.79. The molecule has 0 fully saturated rings. The van der Waals surface area contributed by atoms with Gasteiger partial charge in [0.05, 0.1) is 0 Å². The largest absolute Gasteiger partial charge is 0.507 e. The molecule has 0 saturated heterocycles. The van der Waals surface area contributed by atoms with Gasteiger partial charge in [-0.2, -0.15) is 0 Å². The number of aryl methyl sites for hydroxylation is 3. The molecule has 3 aromatic carbocycles. The molecule has 0 aliphatic heterocycles. The number of para-hydroxylation sites is 3. The summed E-state index contributed by atoms with van der Waals surface area (Å²) in [5.41, 5.74) is 3.93. The fourth-order valence-corrected chi connectivity index (χ4v) is 3.60. The summed E-state index contributed by atoms with van der Waals surface area (Å²) in [5.74, 6) is 0.663. The average molecular weight is 472 g/mol. The highest BCUT2D eigenvalue weighted by Gasteiger charge is 2.23. The molecule has 3 rings (SSSR count). The van der Waals surface area contributed by atoms with Crippen LogP contribution in [0.1, 0.15) is 40.3 Å². The molecule has 0 atom stereocenters. The standard InChI is InChI=1S/C29H33N3O3/c1-20-8-5-11-23(26(20)33)14-30-17-29(4,18-31-15-24-12-6-9-21(2)27(24)34)19-32-16-25-13-7-10-22(3)28(25)35/h5-16,33-35H,17-19H2,1-4H3. The summed E-state index contributed by atoms with van der Waals surface area (Å²) in [4.78, 5) is 13.8. The Balaban J connectivity index is 1.80. The van der Waals surface area contributed by atoms with Crippen LogP contribution in [0.5, 0.6) is 17.2 Å². The SMILES string of the molecule is Cc1cccc(C=NCC(C)(CN=Cc2cccc(C)c2O)CN=Cc2cccc(C)c2O)c1O. The van der Waals surface area contributed by atoms with Gasteiger partial charge in [-0.25, -0.2) is 0 Å². The van der Waals surface area contributed by atoms with E-state index < -0.39 is 5.41 Å². The molecule has 0 bridgehead atoms. The van der Waals surface area contributed by atoms with E-state index in [2.05, 4.69) is 15.0 Å². The van der Waals surface area contributed by atoms with Gasteiger partial charge < -0.3 is 15.3 Å². The van der Waals surface area contributed by atoms with Crippen molar-refractivity contribution >= 4 is 18.6 Å². The van der Waals surface area contributed by atoms with Crippen LogP contribution in [-0.2, 0) is 0 Å². The summed E-state index contributed by atoms with van der Waals surface area (Å²) < 4.78 is 0. The number of hydrogen-bond acceptors (Lipinski definition) is 6. The molecule has 35 heavy (non-hydrogen) atoms. The van der Waals surface area contributed by atoms with E-state index in [4.69, 9.17) is 0 Å². The van der Waals surface area contributed by atoms with Crippen LogP contribution in [0.15, 0.2) is 69.6 Å². The number of rotatable bonds is 9. The second-order valence-corrected chi connectivity index (χ2v) is 9.26. The first-order chi connectivity index (χ1) is 16.7.